The van der Waals surface area contributed by atoms with Gasteiger partial charge in [-0.2, -0.15) is 0 Å². The molecule has 152 valence electrons. The zero-order valence-electron chi connectivity index (χ0n) is 16.1. The van der Waals surface area contributed by atoms with Crippen molar-refractivity contribution in [2.75, 3.05) is 26.0 Å². The second-order valence-electron chi connectivity index (χ2n) is 6.14. The number of nitrogens with zero attached hydrogens (tertiary/aromatic N) is 3. The van der Waals surface area contributed by atoms with Crippen LogP contribution >= 0.6 is 0 Å². The van der Waals surface area contributed by atoms with Crippen LogP contribution in [0, 0.1) is 0 Å². The molecule has 0 saturated carbocycles. The number of aromatic nitrogens is 2. The Balaban J connectivity index is 1.75. The minimum absolute atomic E-state index is 0.00996. The number of nitrogens with one attached hydrogen (secondary N) is 1. The van der Waals surface area contributed by atoms with Gasteiger partial charge in [0, 0.05) is 25.2 Å². The lowest BCUT2D eigenvalue weighted by Crippen LogP contribution is -2.22. The molecule has 3 aromatic rings. The van der Waals surface area contributed by atoms with Gasteiger partial charge in [-0.15, -0.1) is 5.10 Å². The number of hydrogen-bond acceptors (Lipinski definition) is 7. The molecule has 2 aromatic carbocycles. The predicted octanol–water partition coefficient (Wildman–Crippen LogP) is 2.64. The van der Waals surface area contributed by atoms with E-state index in [1.165, 1.54) is 38.4 Å². The SMILES string of the molecule is CCOc1ccc(-c2nnc(NC(=O)c3cccc(S(=O)(=O)N(C)C)c3)o2)cc1. The van der Waals surface area contributed by atoms with Gasteiger partial charge >= 0.3 is 6.01 Å². The van der Waals surface area contributed by atoms with Crippen LogP contribution in [-0.2, 0) is 10.0 Å². The van der Waals surface area contributed by atoms with Gasteiger partial charge in [-0.3, -0.25) is 10.1 Å². The van der Waals surface area contributed by atoms with Gasteiger partial charge in [0.25, 0.3) is 5.91 Å². The maximum absolute atomic E-state index is 12.5. The Bertz CT molecular complexity index is 1110. The second kappa shape index (κ2) is 8.41. The zero-order valence-corrected chi connectivity index (χ0v) is 16.9. The summed E-state index contributed by atoms with van der Waals surface area (Å²) >= 11 is 0. The molecule has 1 amide bonds. The third kappa shape index (κ3) is 4.61. The topological polar surface area (TPSA) is 115 Å². The van der Waals surface area contributed by atoms with E-state index in [1.807, 2.05) is 6.92 Å². The van der Waals surface area contributed by atoms with Gasteiger partial charge in [0.05, 0.1) is 11.5 Å². The molecule has 0 aliphatic heterocycles. The number of carbonyl (C=O) groups excluding carboxylic acids is 1. The van der Waals surface area contributed by atoms with Crippen molar-refractivity contribution in [1.82, 2.24) is 14.5 Å². The summed E-state index contributed by atoms with van der Waals surface area (Å²) < 4.78 is 36.4. The molecule has 1 heterocycles. The number of carbonyl (C=O) groups is 1. The van der Waals surface area contributed by atoms with Crippen molar-refractivity contribution in [3.8, 4) is 17.2 Å². The number of amides is 1. The highest BCUT2D eigenvalue weighted by molar-refractivity contribution is 7.89. The first-order chi connectivity index (χ1) is 13.8. The Labute approximate surface area is 168 Å². The van der Waals surface area contributed by atoms with E-state index in [1.54, 1.807) is 24.3 Å². The molecule has 0 aliphatic rings. The Kier molecular flexibility index (Phi) is 5.95. The van der Waals surface area contributed by atoms with Gasteiger partial charge in [-0.25, -0.2) is 12.7 Å². The van der Waals surface area contributed by atoms with Gasteiger partial charge in [0.1, 0.15) is 5.75 Å². The lowest BCUT2D eigenvalue weighted by molar-refractivity contribution is 0.102. The quantitative estimate of drug-likeness (QED) is 0.629. The van der Waals surface area contributed by atoms with E-state index < -0.39 is 15.9 Å². The molecule has 10 heteroatoms. The number of rotatable bonds is 7. The molecule has 0 bridgehead atoms. The number of benzene rings is 2. The fourth-order valence-electron chi connectivity index (χ4n) is 2.43. The van der Waals surface area contributed by atoms with E-state index in [4.69, 9.17) is 9.15 Å². The van der Waals surface area contributed by atoms with Crippen LogP contribution in [0.4, 0.5) is 6.01 Å². The molecule has 0 radical (unpaired) electrons. The summed E-state index contributed by atoms with van der Waals surface area (Å²) in [7, 11) is -0.815. The van der Waals surface area contributed by atoms with Crippen LogP contribution in [0.1, 0.15) is 17.3 Å². The summed E-state index contributed by atoms with van der Waals surface area (Å²) in [5.74, 6) is 0.381. The van der Waals surface area contributed by atoms with Gasteiger partial charge in [-0.05, 0) is 49.4 Å². The van der Waals surface area contributed by atoms with Crippen LogP contribution in [0.15, 0.2) is 57.8 Å². The summed E-state index contributed by atoms with van der Waals surface area (Å²) in [4.78, 5) is 12.5. The van der Waals surface area contributed by atoms with Crippen LogP contribution in [0.25, 0.3) is 11.5 Å². The molecular weight excluding hydrogens is 396 g/mol. The van der Waals surface area contributed by atoms with Crippen LogP contribution in [-0.4, -0.2) is 49.5 Å². The number of ether oxygens (including phenoxy) is 1. The standard InChI is InChI=1S/C19H20N4O5S/c1-4-27-15-10-8-13(9-11-15)18-21-22-19(28-18)20-17(24)14-6-5-7-16(12-14)29(25,26)23(2)3/h5-12H,4H2,1-3H3,(H,20,22,24). The fourth-order valence-corrected chi connectivity index (χ4v) is 3.38. The zero-order chi connectivity index (χ0) is 21.0. The van der Waals surface area contributed by atoms with Crippen LogP contribution < -0.4 is 10.1 Å². The fraction of sp³-hybridized carbons (Fsp3) is 0.211. The molecule has 0 spiro atoms. The maximum atomic E-state index is 12.5. The van der Waals surface area contributed by atoms with Gasteiger partial charge in [0.15, 0.2) is 0 Å². The predicted molar refractivity (Wildman–Crippen MR) is 106 cm³/mol. The van der Waals surface area contributed by atoms with Crippen molar-refractivity contribution in [3.05, 3.63) is 54.1 Å². The van der Waals surface area contributed by atoms with Gasteiger partial charge in [0.2, 0.25) is 15.9 Å². The molecule has 0 fully saturated rings. The van der Waals surface area contributed by atoms with E-state index in [9.17, 15) is 13.2 Å². The Hall–Kier alpha value is -3.24. The van der Waals surface area contributed by atoms with E-state index in [0.717, 1.165) is 10.1 Å². The summed E-state index contributed by atoms with van der Waals surface area (Å²) in [6.07, 6.45) is 0. The average molecular weight is 416 g/mol. The monoisotopic (exact) mass is 416 g/mol. The third-order valence-electron chi connectivity index (χ3n) is 3.93. The molecule has 0 aliphatic carbocycles. The van der Waals surface area contributed by atoms with Crippen LogP contribution in [0.5, 0.6) is 5.75 Å². The Morgan fingerprint density at radius 2 is 1.86 bits per heavy atom. The van der Waals surface area contributed by atoms with E-state index in [0.29, 0.717) is 12.2 Å². The number of anilines is 1. The first-order valence-corrected chi connectivity index (χ1v) is 10.2. The lowest BCUT2D eigenvalue weighted by atomic mass is 10.2. The number of hydrogen-bond donors (Lipinski definition) is 1. The first-order valence-electron chi connectivity index (χ1n) is 8.72. The van der Waals surface area contributed by atoms with Crippen molar-refractivity contribution in [2.45, 2.75) is 11.8 Å². The summed E-state index contributed by atoms with van der Waals surface area (Å²) in [5, 5.41) is 10.2. The van der Waals surface area contributed by atoms with Crippen molar-refractivity contribution in [1.29, 1.82) is 0 Å². The average Bonchev–Trinajstić information content (AvgIpc) is 3.17. The second-order valence-corrected chi connectivity index (χ2v) is 8.29. The molecule has 0 unspecified atom stereocenters. The molecule has 1 aromatic heterocycles. The molecule has 9 nitrogen and oxygen atoms in total. The third-order valence-corrected chi connectivity index (χ3v) is 5.74. The molecule has 0 saturated heterocycles. The van der Waals surface area contributed by atoms with Crippen LogP contribution in [0.2, 0.25) is 0 Å². The lowest BCUT2D eigenvalue weighted by Gasteiger charge is -2.11. The Morgan fingerprint density at radius 3 is 2.52 bits per heavy atom. The van der Waals surface area contributed by atoms with Gasteiger partial charge < -0.3 is 9.15 Å². The molecule has 3 rings (SSSR count). The minimum Gasteiger partial charge on any atom is -0.494 e. The largest absolute Gasteiger partial charge is 0.494 e. The molecule has 29 heavy (non-hydrogen) atoms. The Morgan fingerprint density at radius 1 is 1.14 bits per heavy atom. The molecule has 1 N–H and O–H groups in total. The normalized spacial score (nSPS) is 11.4. The molecular formula is C19H20N4O5S. The van der Waals surface area contributed by atoms with Gasteiger partial charge in [-0.1, -0.05) is 11.2 Å². The summed E-state index contributed by atoms with van der Waals surface area (Å²) in [6, 6.07) is 12.7. The van der Waals surface area contributed by atoms with Crippen molar-refractivity contribution < 1.29 is 22.4 Å². The van der Waals surface area contributed by atoms with Crippen molar-refractivity contribution in [2.24, 2.45) is 0 Å². The smallest absolute Gasteiger partial charge is 0.322 e. The minimum atomic E-state index is -3.65. The van der Waals surface area contributed by atoms with Crippen LogP contribution in [0.3, 0.4) is 0 Å². The van der Waals surface area contributed by atoms with Crippen molar-refractivity contribution in [3.63, 3.8) is 0 Å². The highest BCUT2D eigenvalue weighted by atomic mass is 32.2. The maximum Gasteiger partial charge on any atom is 0.322 e. The number of sulfonamides is 1. The highest BCUT2D eigenvalue weighted by Gasteiger charge is 2.19. The van der Waals surface area contributed by atoms with E-state index >= 15 is 0 Å². The highest BCUT2D eigenvalue weighted by Crippen LogP contribution is 2.23. The molecule has 0 atom stereocenters. The van der Waals surface area contributed by atoms with Crippen molar-refractivity contribution >= 4 is 21.9 Å². The van der Waals surface area contributed by atoms with E-state index in [-0.39, 0.29) is 22.4 Å². The summed E-state index contributed by atoms with van der Waals surface area (Å²) in [5.41, 5.74) is 0.814. The summed E-state index contributed by atoms with van der Waals surface area (Å²) in [6.45, 7) is 2.46. The van der Waals surface area contributed by atoms with E-state index in [2.05, 4.69) is 15.5 Å². The first kappa shape index (κ1) is 20.5.